The molecule has 0 saturated carbocycles. The largest absolute Gasteiger partial charge is 0.433 e. The van der Waals surface area contributed by atoms with E-state index in [2.05, 4.69) is 20.8 Å². The number of thiophene rings is 1. The van der Waals surface area contributed by atoms with E-state index >= 15 is 0 Å². The van der Waals surface area contributed by atoms with E-state index < -0.39 is 10.8 Å². The first-order valence-corrected chi connectivity index (χ1v) is 6.50. The maximum absolute atomic E-state index is 12.1. The highest BCUT2D eigenvalue weighted by atomic mass is 32.1. The predicted molar refractivity (Wildman–Crippen MR) is 71.8 cm³/mol. The second-order valence-corrected chi connectivity index (χ2v) is 6.22. The van der Waals surface area contributed by atoms with E-state index in [1.165, 1.54) is 23.5 Å². The van der Waals surface area contributed by atoms with Crippen LogP contribution >= 0.6 is 11.3 Å². The van der Waals surface area contributed by atoms with E-state index in [1.54, 1.807) is 6.07 Å². The quantitative estimate of drug-likeness (QED) is 0.487. The zero-order valence-corrected chi connectivity index (χ0v) is 11.6. The van der Waals surface area contributed by atoms with Gasteiger partial charge in [-0.2, -0.15) is 0 Å². The van der Waals surface area contributed by atoms with Crippen LogP contribution in [0.1, 0.15) is 41.1 Å². The van der Waals surface area contributed by atoms with Crippen LogP contribution in [-0.4, -0.2) is 10.7 Å². The van der Waals surface area contributed by atoms with Gasteiger partial charge in [-0.3, -0.25) is 14.9 Å². The highest BCUT2D eigenvalue weighted by Crippen LogP contribution is 2.31. The summed E-state index contributed by atoms with van der Waals surface area (Å²) in [7, 11) is 0. The van der Waals surface area contributed by atoms with Gasteiger partial charge in [-0.25, -0.2) is 0 Å². The third kappa shape index (κ3) is 2.73. The Balaban J connectivity index is 2.28. The minimum Gasteiger partial charge on any atom is -0.397 e. The molecule has 2 rings (SSSR count). The summed E-state index contributed by atoms with van der Waals surface area (Å²) in [6.07, 6.45) is 0. The first-order chi connectivity index (χ1) is 8.79. The summed E-state index contributed by atoms with van der Waals surface area (Å²) in [5.74, 6) is -0.751. The summed E-state index contributed by atoms with van der Waals surface area (Å²) in [4.78, 5) is 23.6. The van der Waals surface area contributed by atoms with Crippen LogP contribution in [0.5, 0.6) is 0 Å². The lowest BCUT2D eigenvalue weighted by Gasteiger charge is -2.15. The van der Waals surface area contributed by atoms with Crippen LogP contribution in [0.4, 0.5) is 5.88 Å². The maximum atomic E-state index is 12.1. The SMILES string of the molecule is CC(C)(C)c1ccc(C(=O)c2ccc([N+](=O)[O-])o2)s1. The van der Waals surface area contributed by atoms with Crippen molar-refractivity contribution >= 4 is 23.0 Å². The number of furan rings is 1. The lowest BCUT2D eigenvalue weighted by atomic mass is 9.95. The third-order valence-electron chi connectivity index (χ3n) is 2.56. The number of carbonyl (C=O) groups excluding carboxylic acids is 1. The molecule has 0 atom stereocenters. The summed E-state index contributed by atoms with van der Waals surface area (Å²) in [5, 5.41) is 10.5. The standard InChI is InChI=1S/C13H13NO4S/c1-13(2,3)10-6-5-9(19-10)12(15)8-4-7-11(18-8)14(16)17/h4-7H,1-3H3. The second-order valence-electron chi connectivity index (χ2n) is 5.14. The fourth-order valence-electron chi connectivity index (χ4n) is 1.53. The molecule has 0 N–H and O–H groups in total. The van der Waals surface area contributed by atoms with Crippen molar-refractivity contribution in [2.75, 3.05) is 0 Å². The summed E-state index contributed by atoms with van der Waals surface area (Å²) in [6.45, 7) is 6.18. The average Bonchev–Trinajstić information content (AvgIpc) is 2.97. The average molecular weight is 279 g/mol. The Bertz CT molecular complexity index is 633. The highest BCUT2D eigenvalue weighted by Gasteiger charge is 2.22. The van der Waals surface area contributed by atoms with Crippen LogP contribution in [0.25, 0.3) is 0 Å². The van der Waals surface area contributed by atoms with Crippen molar-refractivity contribution in [2.45, 2.75) is 26.2 Å². The van der Waals surface area contributed by atoms with Crippen LogP contribution in [0, 0.1) is 10.1 Å². The zero-order chi connectivity index (χ0) is 14.2. The van der Waals surface area contributed by atoms with E-state index in [-0.39, 0.29) is 17.0 Å². The molecule has 0 aromatic carbocycles. The van der Waals surface area contributed by atoms with Gasteiger partial charge < -0.3 is 4.42 Å². The van der Waals surface area contributed by atoms with Crippen molar-refractivity contribution in [1.82, 2.24) is 0 Å². The molecular formula is C13H13NO4S. The van der Waals surface area contributed by atoms with E-state index in [1.807, 2.05) is 6.07 Å². The molecule has 6 heteroatoms. The number of hydrogen-bond acceptors (Lipinski definition) is 5. The molecule has 2 aromatic heterocycles. The molecule has 0 aliphatic rings. The Kier molecular flexibility index (Phi) is 3.28. The van der Waals surface area contributed by atoms with E-state index in [4.69, 9.17) is 4.42 Å². The summed E-state index contributed by atoms with van der Waals surface area (Å²) >= 11 is 1.38. The van der Waals surface area contributed by atoms with Gasteiger partial charge in [0.05, 0.1) is 10.9 Å². The van der Waals surface area contributed by atoms with Crippen molar-refractivity contribution in [3.63, 3.8) is 0 Å². The van der Waals surface area contributed by atoms with Gasteiger partial charge in [0.25, 0.3) is 0 Å². The Morgan fingerprint density at radius 2 is 1.95 bits per heavy atom. The molecule has 0 aliphatic heterocycles. The van der Waals surface area contributed by atoms with Gasteiger partial charge in [0.1, 0.15) is 4.92 Å². The molecular weight excluding hydrogens is 266 g/mol. The molecule has 0 radical (unpaired) electrons. The first kappa shape index (κ1) is 13.5. The van der Waals surface area contributed by atoms with Gasteiger partial charge in [-0.05, 0) is 23.6 Å². The Labute approximate surface area is 114 Å². The zero-order valence-electron chi connectivity index (χ0n) is 10.8. The molecule has 0 aliphatic carbocycles. The monoisotopic (exact) mass is 279 g/mol. The molecule has 0 unspecified atom stereocenters. The topological polar surface area (TPSA) is 73.3 Å². The lowest BCUT2D eigenvalue weighted by molar-refractivity contribution is -0.402. The molecule has 0 amide bonds. The molecule has 0 spiro atoms. The lowest BCUT2D eigenvalue weighted by Crippen LogP contribution is -2.07. The van der Waals surface area contributed by atoms with Crippen molar-refractivity contribution in [1.29, 1.82) is 0 Å². The smallest absolute Gasteiger partial charge is 0.397 e. The van der Waals surface area contributed by atoms with E-state index in [0.717, 1.165) is 4.88 Å². The minimum absolute atomic E-state index is 0.00555. The summed E-state index contributed by atoms with van der Waals surface area (Å²) in [6, 6.07) is 6.14. The highest BCUT2D eigenvalue weighted by molar-refractivity contribution is 7.14. The van der Waals surface area contributed by atoms with Crippen LogP contribution < -0.4 is 0 Å². The summed E-state index contributed by atoms with van der Waals surface area (Å²) < 4.78 is 4.91. The van der Waals surface area contributed by atoms with Crippen LogP contribution in [-0.2, 0) is 5.41 Å². The van der Waals surface area contributed by atoms with Crippen molar-refractivity contribution in [3.05, 3.63) is 49.9 Å². The molecule has 0 bridgehead atoms. The van der Waals surface area contributed by atoms with Crippen molar-refractivity contribution < 1.29 is 14.1 Å². The normalized spacial score (nSPS) is 11.5. The molecule has 0 fully saturated rings. The van der Waals surface area contributed by atoms with Gasteiger partial charge in [0.15, 0.2) is 5.76 Å². The molecule has 19 heavy (non-hydrogen) atoms. The van der Waals surface area contributed by atoms with Crippen LogP contribution in [0.2, 0.25) is 0 Å². The number of nitrogens with zero attached hydrogens (tertiary/aromatic N) is 1. The van der Waals surface area contributed by atoms with E-state index in [9.17, 15) is 14.9 Å². The van der Waals surface area contributed by atoms with Crippen LogP contribution in [0.15, 0.2) is 28.7 Å². The number of carbonyl (C=O) groups is 1. The number of hydrogen-bond donors (Lipinski definition) is 0. The predicted octanol–water partition coefficient (Wildman–Crippen LogP) is 3.78. The van der Waals surface area contributed by atoms with Gasteiger partial charge in [-0.15, -0.1) is 11.3 Å². The van der Waals surface area contributed by atoms with Crippen LogP contribution in [0.3, 0.4) is 0 Å². The van der Waals surface area contributed by atoms with E-state index in [0.29, 0.717) is 4.88 Å². The molecule has 5 nitrogen and oxygen atoms in total. The fraction of sp³-hybridized carbons (Fsp3) is 0.308. The van der Waals surface area contributed by atoms with Gasteiger partial charge in [-0.1, -0.05) is 20.8 Å². The molecule has 2 heterocycles. The number of nitro groups is 1. The first-order valence-electron chi connectivity index (χ1n) is 5.68. The minimum atomic E-state index is -0.661. The Morgan fingerprint density at radius 3 is 2.42 bits per heavy atom. The number of rotatable bonds is 3. The van der Waals surface area contributed by atoms with Gasteiger partial charge in [0, 0.05) is 4.88 Å². The second kappa shape index (κ2) is 4.62. The van der Waals surface area contributed by atoms with Crippen molar-refractivity contribution in [3.8, 4) is 0 Å². The van der Waals surface area contributed by atoms with Gasteiger partial charge >= 0.3 is 5.88 Å². The summed E-state index contributed by atoms with van der Waals surface area (Å²) in [5.41, 5.74) is -0.0294. The Morgan fingerprint density at radius 1 is 1.26 bits per heavy atom. The Hall–Kier alpha value is -1.95. The maximum Gasteiger partial charge on any atom is 0.433 e. The molecule has 100 valence electrons. The fourth-order valence-corrected chi connectivity index (χ4v) is 2.54. The number of ketones is 1. The van der Waals surface area contributed by atoms with Crippen molar-refractivity contribution in [2.24, 2.45) is 0 Å². The molecule has 0 saturated heterocycles. The third-order valence-corrected chi connectivity index (χ3v) is 4.07. The van der Waals surface area contributed by atoms with Gasteiger partial charge in [0.2, 0.25) is 5.78 Å². The molecule has 2 aromatic rings.